The molecular formula is C21H18Cl2FNO. The second-order valence-electron chi connectivity index (χ2n) is 6.09. The molecule has 0 radical (unpaired) electrons. The van der Waals surface area contributed by atoms with E-state index >= 15 is 0 Å². The Balaban J connectivity index is 1.82. The highest BCUT2D eigenvalue weighted by atomic mass is 35.5. The van der Waals surface area contributed by atoms with E-state index < -0.39 is 5.60 Å². The van der Waals surface area contributed by atoms with Gasteiger partial charge in [-0.05, 0) is 41.0 Å². The van der Waals surface area contributed by atoms with Crippen LogP contribution in [0.15, 0.2) is 72.8 Å². The number of benzene rings is 3. The van der Waals surface area contributed by atoms with Gasteiger partial charge in [-0.1, -0.05) is 71.7 Å². The van der Waals surface area contributed by atoms with E-state index in [0.29, 0.717) is 22.2 Å². The van der Waals surface area contributed by atoms with Crippen LogP contribution in [0.25, 0.3) is 0 Å². The molecule has 0 bridgehead atoms. The summed E-state index contributed by atoms with van der Waals surface area (Å²) < 4.78 is 13.3. The van der Waals surface area contributed by atoms with Crippen LogP contribution >= 0.6 is 23.2 Å². The van der Waals surface area contributed by atoms with Crippen molar-refractivity contribution in [2.75, 3.05) is 6.54 Å². The lowest BCUT2D eigenvalue weighted by Crippen LogP contribution is -2.39. The predicted molar refractivity (Wildman–Crippen MR) is 104 cm³/mol. The highest BCUT2D eigenvalue weighted by Crippen LogP contribution is 2.29. The predicted octanol–water partition coefficient (Wildman–Crippen LogP) is 5.16. The quantitative estimate of drug-likeness (QED) is 0.610. The van der Waals surface area contributed by atoms with E-state index in [2.05, 4.69) is 5.32 Å². The number of hydrogen-bond acceptors (Lipinski definition) is 2. The van der Waals surface area contributed by atoms with Crippen molar-refractivity contribution in [1.82, 2.24) is 5.32 Å². The molecule has 0 aliphatic carbocycles. The molecule has 5 heteroatoms. The Morgan fingerprint density at radius 2 is 1.50 bits per heavy atom. The smallest absolute Gasteiger partial charge is 0.127 e. The second-order valence-corrected chi connectivity index (χ2v) is 6.90. The Morgan fingerprint density at radius 3 is 2.15 bits per heavy atom. The van der Waals surface area contributed by atoms with Gasteiger partial charge in [-0.2, -0.15) is 0 Å². The van der Waals surface area contributed by atoms with Gasteiger partial charge in [-0.15, -0.1) is 0 Å². The third-order valence-electron chi connectivity index (χ3n) is 4.27. The average Bonchev–Trinajstić information content (AvgIpc) is 2.66. The number of aliphatic hydroxyl groups is 1. The van der Waals surface area contributed by atoms with Crippen molar-refractivity contribution in [3.8, 4) is 0 Å². The van der Waals surface area contributed by atoms with Crippen molar-refractivity contribution >= 4 is 23.2 Å². The van der Waals surface area contributed by atoms with Crippen LogP contribution in [-0.2, 0) is 12.1 Å². The molecule has 0 aromatic heterocycles. The van der Waals surface area contributed by atoms with E-state index in [4.69, 9.17) is 23.2 Å². The highest BCUT2D eigenvalue weighted by Gasteiger charge is 2.31. The SMILES string of the molecule is O[C@@](CNCc1ccc(Cl)c(Cl)c1)(c1ccccc1)c1ccc(F)cc1. The number of hydrogen-bond donors (Lipinski definition) is 2. The molecule has 0 heterocycles. The Hall–Kier alpha value is -1.91. The summed E-state index contributed by atoms with van der Waals surface area (Å²) in [6, 6.07) is 20.6. The van der Waals surface area contributed by atoms with Crippen LogP contribution in [0.5, 0.6) is 0 Å². The van der Waals surface area contributed by atoms with Gasteiger partial charge in [0, 0.05) is 13.1 Å². The second kappa shape index (κ2) is 8.19. The average molecular weight is 390 g/mol. The summed E-state index contributed by atoms with van der Waals surface area (Å²) in [5.41, 5.74) is 1.01. The van der Waals surface area contributed by atoms with Gasteiger partial charge in [0.15, 0.2) is 0 Å². The number of halogens is 3. The lowest BCUT2D eigenvalue weighted by molar-refractivity contribution is 0.0795. The van der Waals surface area contributed by atoms with E-state index in [-0.39, 0.29) is 12.4 Å². The lowest BCUT2D eigenvalue weighted by Gasteiger charge is -2.30. The molecule has 0 saturated heterocycles. The molecule has 2 nitrogen and oxygen atoms in total. The minimum atomic E-state index is -1.29. The van der Waals surface area contributed by atoms with Crippen LogP contribution < -0.4 is 5.32 Å². The third-order valence-corrected chi connectivity index (χ3v) is 5.01. The Labute approximate surface area is 162 Å². The van der Waals surface area contributed by atoms with Gasteiger partial charge in [0.25, 0.3) is 0 Å². The zero-order chi connectivity index (χ0) is 18.6. The fraction of sp³-hybridized carbons (Fsp3) is 0.143. The van der Waals surface area contributed by atoms with Gasteiger partial charge < -0.3 is 10.4 Å². The van der Waals surface area contributed by atoms with E-state index in [1.807, 2.05) is 36.4 Å². The molecule has 3 aromatic rings. The summed E-state index contributed by atoms with van der Waals surface area (Å²) in [6.45, 7) is 0.760. The van der Waals surface area contributed by atoms with Crippen molar-refractivity contribution in [3.63, 3.8) is 0 Å². The van der Waals surface area contributed by atoms with E-state index in [1.165, 1.54) is 12.1 Å². The van der Waals surface area contributed by atoms with Gasteiger partial charge in [-0.25, -0.2) is 4.39 Å². The molecule has 26 heavy (non-hydrogen) atoms. The molecular weight excluding hydrogens is 372 g/mol. The third kappa shape index (κ3) is 4.25. The van der Waals surface area contributed by atoms with Gasteiger partial charge in [0.1, 0.15) is 11.4 Å². The van der Waals surface area contributed by atoms with Crippen LogP contribution in [0.4, 0.5) is 4.39 Å². The first-order valence-corrected chi connectivity index (χ1v) is 8.93. The van der Waals surface area contributed by atoms with E-state index in [1.54, 1.807) is 24.3 Å². The summed E-state index contributed by atoms with van der Waals surface area (Å²) in [5.74, 6) is -0.340. The molecule has 134 valence electrons. The fourth-order valence-corrected chi connectivity index (χ4v) is 3.17. The molecule has 2 N–H and O–H groups in total. The first-order valence-electron chi connectivity index (χ1n) is 8.17. The van der Waals surface area contributed by atoms with Crippen LogP contribution in [0.3, 0.4) is 0 Å². The zero-order valence-corrected chi connectivity index (χ0v) is 15.4. The van der Waals surface area contributed by atoms with Gasteiger partial charge in [0.05, 0.1) is 10.0 Å². The lowest BCUT2D eigenvalue weighted by atomic mass is 9.86. The Morgan fingerprint density at radius 1 is 0.846 bits per heavy atom. The number of rotatable bonds is 6. The molecule has 0 spiro atoms. The minimum absolute atomic E-state index is 0.253. The molecule has 0 aliphatic rings. The van der Waals surface area contributed by atoms with Crippen LogP contribution in [0.1, 0.15) is 16.7 Å². The van der Waals surface area contributed by atoms with E-state index in [0.717, 1.165) is 11.1 Å². The molecule has 3 rings (SSSR count). The van der Waals surface area contributed by atoms with Crippen LogP contribution in [-0.4, -0.2) is 11.7 Å². The van der Waals surface area contributed by atoms with Crippen LogP contribution in [0, 0.1) is 5.82 Å². The van der Waals surface area contributed by atoms with Crippen molar-refractivity contribution < 1.29 is 9.50 Å². The maximum Gasteiger partial charge on any atom is 0.127 e. The highest BCUT2D eigenvalue weighted by molar-refractivity contribution is 6.42. The van der Waals surface area contributed by atoms with Gasteiger partial charge >= 0.3 is 0 Å². The van der Waals surface area contributed by atoms with Gasteiger partial charge in [-0.3, -0.25) is 0 Å². The zero-order valence-electron chi connectivity index (χ0n) is 13.9. The molecule has 0 aliphatic heterocycles. The Bertz CT molecular complexity index is 871. The van der Waals surface area contributed by atoms with Gasteiger partial charge in [0.2, 0.25) is 0 Å². The standard InChI is InChI=1S/C21H18Cl2FNO/c22-19-11-6-15(12-20(19)23)13-25-14-21(26,16-4-2-1-3-5-16)17-7-9-18(24)10-8-17/h1-12,25-26H,13-14H2/t21-/m0/s1. The first-order chi connectivity index (χ1) is 12.5. The normalized spacial score (nSPS) is 13.4. The van der Waals surface area contributed by atoms with Crippen molar-refractivity contribution in [2.45, 2.75) is 12.1 Å². The molecule has 0 unspecified atom stereocenters. The maximum atomic E-state index is 13.3. The maximum absolute atomic E-state index is 13.3. The topological polar surface area (TPSA) is 32.3 Å². The minimum Gasteiger partial charge on any atom is -0.379 e. The monoisotopic (exact) mass is 389 g/mol. The van der Waals surface area contributed by atoms with E-state index in [9.17, 15) is 9.50 Å². The number of nitrogens with one attached hydrogen (secondary N) is 1. The summed E-state index contributed by atoms with van der Waals surface area (Å²) in [5, 5.41) is 15.6. The Kier molecular flexibility index (Phi) is 5.94. The van der Waals surface area contributed by atoms with Crippen molar-refractivity contribution in [3.05, 3.63) is 105 Å². The summed E-state index contributed by atoms with van der Waals surface area (Å²) in [4.78, 5) is 0. The van der Waals surface area contributed by atoms with Crippen LogP contribution in [0.2, 0.25) is 10.0 Å². The summed E-state index contributed by atoms with van der Waals surface area (Å²) >= 11 is 12.0. The first kappa shape index (κ1) is 18.9. The fourth-order valence-electron chi connectivity index (χ4n) is 2.85. The molecule has 3 aromatic carbocycles. The molecule has 1 atom stereocenters. The molecule has 0 fully saturated rings. The summed E-state index contributed by atoms with van der Waals surface area (Å²) in [6.07, 6.45) is 0. The largest absolute Gasteiger partial charge is 0.379 e. The van der Waals surface area contributed by atoms with Crippen molar-refractivity contribution in [1.29, 1.82) is 0 Å². The summed E-state index contributed by atoms with van der Waals surface area (Å²) in [7, 11) is 0. The van der Waals surface area contributed by atoms with Crippen molar-refractivity contribution in [2.24, 2.45) is 0 Å². The molecule has 0 saturated carbocycles. The molecule has 0 amide bonds.